The number of aliphatic hydroxyl groups is 1. The van der Waals surface area contributed by atoms with Gasteiger partial charge >= 0.3 is 0 Å². The third-order valence-corrected chi connectivity index (χ3v) is 3.82. The number of phenols is 2. The third-order valence-electron chi connectivity index (χ3n) is 3.82. The van der Waals surface area contributed by atoms with Crippen LogP contribution in [0.2, 0.25) is 0 Å². The maximum Gasteiger partial charge on any atom is 0.280 e. The fourth-order valence-corrected chi connectivity index (χ4v) is 2.56. The van der Waals surface area contributed by atoms with Gasteiger partial charge in [-0.3, -0.25) is 9.59 Å². The van der Waals surface area contributed by atoms with Gasteiger partial charge < -0.3 is 24.8 Å². The number of para-hydroxylation sites is 2. The van der Waals surface area contributed by atoms with Crippen LogP contribution in [-0.4, -0.2) is 44.5 Å². The number of aliphatic hydroxyl groups excluding tert-OH is 1. The topological polar surface area (TPSA) is 143 Å². The van der Waals surface area contributed by atoms with Gasteiger partial charge in [0.25, 0.3) is 18.1 Å². The summed E-state index contributed by atoms with van der Waals surface area (Å²) in [6, 6.07) is 8.73. The van der Waals surface area contributed by atoms with Crippen LogP contribution >= 0.6 is 0 Å². The van der Waals surface area contributed by atoms with Crippen molar-refractivity contribution in [3.63, 3.8) is 0 Å². The quantitative estimate of drug-likeness (QED) is 0.350. The van der Waals surface area contributed by atoms with Crippen LogP contribution < -0.4 is 15.3 Å². The van der Waals surface area contributed by atoms with E-state index in [1.807, 2.05) is 0 Å². The molecule has 0 aliphatic carbocycles. The number of aromatic hydroxyl groups is 2. The van der Waals surface area contributed by atoms with Gasteiger partial charge in [-0.25, -0.2) is 10.9 Å². The van der Waals surface area contributed by atoms with Crippen LogP contribution in [0.15, 0.2) is 36.4 Å². The largest absolute Gasteiger partial charge is 0.508 e. The van der Waals surface area contributed by atoms with Crippen molar-refractivity contribution in [2.75, 3.05) is 0 Å². The average molecular weight is 360 g/mol. The van der Waals surface area contributed by atoms with E-state index in [9.17, 15) is 24.9 Å². The summed E-state index contributed by atoms with van der Waals surface area (Å²) in [5, 5.41) is 29.6. The van der Waals surface area contributed by atoms with Crippen molar-refractivity contribution in [3.8, 4) is 23.0 Å². The number of phenolic OH excluding ortho intramolecular Hbond substituents is 2. The van der Waals surface area contributed by atoms with E-state index >= 15 is 0 Å². The predicted molar refractivity (Wildman–Crippen MR) is 87.4 cm³/mol. The molecule has 136 valence electrons. The molecule has 1 aliphatic heterocycles. The van der Waals surface area contributed by atoms with Gasteiger partial charge in [0, 0.05) is 6.07 Å². The normalized spacial score (nSPS) is 14.1. The number of hydrogen-bond acceptors (Lipinski definition) is 8. The molecule has 26 heavy (non-hydrogen) atoms. The van der Waals surface area contributed by atoms with Crippen LogP contribution in [0.1, 0.15) is 15.9 Å². The first kappa shape index (κ1) is 17.5. The summed E-state index contributed by atoms with van der Waals surface area (Å²) in [5.41, 5.74) is -0.0755. The Bertz CT molecular complexity index is 835. The first-order valence-electron chi connectivity index (χ1n) is 7.55. The lowest BCUT2D eigenvalue weighted by molar-refractivity contribution is -0.150. The zero-order valence-corrected chi connectivity index (χ0v) is 13.6. The van der Waals surface area contributed by atoms with Crippen LogP contribution in [0.4, 0.5) is 0 Å². The molecule has 2 aromatic rings. The molecule has 0 spiro atoms. The monoisotopic (exact) mass is 360 g/mol. The van der Waals surface area contributed by atoms with Gasteiger partial charge in [0.05, 0.1) is 5.56 Å². The molecule has 2 aromatic carbocycles. The first-order valence-corrected chi connectivity index (χ1v) is 7.55. The Hall–Kier alpha value is -3.30. The second-order valence-corrected chi connectivity index (χ2v) is 5.67. The molecule has 9 heteroatoms. The SMILES string of the molecule is Cc1cc(O)cc(O)c1C(=O)N(N)C(=O)C(O)C1Oc2ccccc2O1. The van der Waals surface area contributed by atoms with E-state index in [1.165, 1.54) is 13.0 Å². The number of amides is 2. The number of nitrogens with zero attached hydrogens (tertiary/aromatic N) is 1. The Morgan fingerprint density at radius 2 is 1.73 bits per heavy atom. The summed E-state index contributed by atoms with van der Waals surface area (Å²) >= 11 is 0. The number of benzene rings is 2. The summed E-state index contributed by atoms with van der Waals surface area (Å²) in [5.74, 6) is 3.17. The number of hydrogen-bond donors (Lipinski definition) is 4. The number of rotatable bonds is 3. The second-order valence-electron chi connectivity index (χ2n) is 5.67. The van der Waals surface area contributed by atoms with Gasteiger partial charge in [-0.1, -0.05) is 12.1 Å². The molecule has 9 nitrogen and oxygen atoms in total. The molecule has 0 bridgehead atoms. The fraction of sp³-hybridized carbons (Fsp3) is 0.176. The molecule has 1 unspecified atom stereocenters. The van der Waals surface area contributed by atoms with Gasteiger partial charge in [0.1, 0.15) is 11.5 Å². The molecule has 0 saturated carbocycles. The van der Waals surface area contributed by atoms with Crippen molar-refractivity contribution in [2.24, 2.45) is 5.84 Å². The molecule has 5 N–H and O–H groups in total. The summed E-state index contributed by atoms with van der Waals surface area (Å²) in [7, 11) is 0. The molecular formula is C17H16N2O7. The highest BCUT2D eigenvalue weighted by Crippen LogP contribution is 2.35. The van der Waals surface area contributed by atoms with Gasteiger partial charge in [0.15, 0.2) is 11.5 Å². The van der Waals surface area contributed by atoms with Crippen LogP contribution in [-0.2, 0) is 4.79 Å². The number of aryl methyl sites for hydroxylation is 1. The highest BCUT2D eigenvalue weighted by molar-refractivity contribution is 6.07. The highest BCUT2D eigenvalue weighted by Gasteiger charge is 2.39. The molecule has 3 rings (SSSR count). The average Bonchev–Trinajstić information content (AvgIpc) is 3.02. The minimum atomic E-state index is -1.88. The maximum absolute atomic E-state index is 12.4. The summed E-state index contributed by atoms with van der Waals surface area (Å²) in [4.78, 5) is 24.7. The summed E-state index contributed by atoms with van der Waals surface area (Å²) in [6.45, 7) is 1.45. The Morgan fingerprint density at radius 3 is 2.27 bits per heavy atom. The molecule has 0 saturated heterocycles. The molecular weight excluding hydrogens is 344 g/mol. The zero-order chi connectivity index (χ0) is 19.0. The fourth-order valence-electron chi connectivity index (χ4n) is 2.56. The van der Waals surface area contributed by atoms with Crippen molar-refractivity contribution in [1.82, 2.24) is 5.01 Å². The van der Waals surface area contributed by atoms with Crippen molar-refractivity contribution in [3.05, 3.63) is 47.5 Å². The first-order chi connectivity index (χ1) is 12.3. The Balaban J connectivity index is 1.77. The van der Waals surface area contributed by atoms with Crippen molar-refractivity contribution in [2.45, 2.75) is 19.3 Å². The number of carbonyl (C=O) groups is 2. The van der Waals surface area contributed by atoms with Crippen molar-refractivity contribution in [1.29, 1.82) is 0 Å². The smallest absolute Gasteiger partial charge is 0.280 e. The molecule has 1 atom stereocenters. The molecule has 0 aromatic heterocycles. The van der Waals surface area contributed by atoms with E-state index in [0.29, 0.717) is 11.5 Å². The Morgan fingerprint density at radius 1 is 1.15 bits per heavy atom. The Kier molecular flexibility index (Phi) is 4.41. The predicted octanol–water partition coefficient (Wildman–Crippen LogP) is 0.407. The van der Waals surface area contributed by atoms with Crippen LogP contribution in [0.3, 0.4) is 0 Å². The summed E-state index contributed by atoms with van der Waals surface area (Å²) in [6.07, 6.45) is -3.25. The molecule has 1 aliphatic rings. The van der Waals surface area contributed by atoms with Gasteiger partial charge in [-0.15, -0.1) is 0 Å². The number of imide groups is 1. The van der Waals surface area contributed by atoms with Crippen LogP contribution in [0.25, 0.3) is 0 Å². The van der Waals surface area contributed by atoms with E-state index in [4.69, 9.17) is 15.3 Å². The molecule has 2 amide bonds. The van der Waals surface area contributed by atoms with Crippen molar-refractivity contribution < 1.29 is 34.4 Å². The second kappa shape index (κ2) is 6.54. The van der Waals surface area contributed by atoms with Gasteiger partial charge in [-0.05, 0) is 30.7 Å². The summed E-state index contributed by atoms with van der Waals surface area (Å²) < 4.78 is 10.6. The third kappa shape index (κ3) is 3.01. The van der Waals surface area contributed by atoms with Crippen molar-refractivity contribution >= 4 is 11.8 Å². The number of nitrogens with two attached hydrogens (primary N) is 1. The number of carbonyl (C=O) groups excluding carboxylic acids is 2. The standard InChI is InChI=1S/C17H16N2O7/c1-8-6-9(20)7-10(21)13(8)15(23)19(18)16(24)14(22)17-25-11-4-2-3-5-12(11)26-17/h2-7,14,17,20-22H,18H2,1H3. The molecule has 1 heterocycles. The van der Waals surface area contributed by atoms with E-state index in [2.05, 4.69) is 0 Å². The lowest BCUT2D eigenvalue weighted by Gasteiger charge is -2.22. The van der Waals surface area contributed by atoms with Gasteiger partial charge in [-0.2, -0.15) is 0 Å². The number of ether oxygens (including phenoxy) is 2. The van der Waals surface area contributed by atoms with E-state index < -0.39 is 30.0 Å². The minimum absolute atomic E-state index is 0.166. The number of fused-ring (bicyclic) bond motifs is 1. The van der Waals surface area contributed by atoms with Gasteiger partial charge in [0.2, 0.25) is 6.10 Å². The van der Waals surface area contributed by atoms with Crippen LogP contribution in [0.5, 0.6) is 23.0 Å². The number of hydrazine groups is 1. The Labute approximate surface area is 147 Å². The molecule has 0 fully saturated rings. The lowest BCUT2D eigenvalue weighted by atomic mass is 10.1. The van der Waals surface area contributed by atoms with Crippen LogP contribution in [0, 0.1) is 6.92 Å². The lowest BCUT2D eigenvalue weighted by Crippen LogP contribution is -2.53. The highest BCUT2D eigenvalue weighted by atomic mass is 16.7. The van der Waals surface area contributed by atoms with E-state index in [0.717, 1.165) is 6.07 Å². The van der Waals surface area contributed by atoms with E-state index in [-0.39, 0.29) is 21.9 Å². The minimum Gasteiger partial charge on any atom is -0.508 e. The van der Waals surface area contributed by atoms with E-state index in [1.54, 1.807) is 24.3 Å². The molecule has 0 radical (unpaired) electrons. The maximum atomic E-state index is 12.4. The zero-order valence-electron chi connectivity index (χ0n) is 13.6.